The fraction of sp³-hybridized carbons (Fsp3) is 0.923. The Morgan fingerprint density at radius 3 is 2.67 bits per heavy atom. The molecule has 0 aromatic heterocycles. The molecule has 2 aliphatic heterocycles. The molecule has 9 nitrogen and oxygen atoms in total. The molecule has 2 rings (SSSR count). The van der Waals surface area contributed by atoms with Crippen molar-refractivity contribution in [2.24, 2.45) is 0 Å². The van der Waals surface area contributed by atoms with Crippen LogP contribution in [0.15, 0.2) is 0 Å². The maximum atomic E-state index is 12.4. The molecule has 2 N–H and O–H groups in total. The van der Waals surface area contributed by atoms with Crippen molar-refractivity contribution in [2.75, 3.05) is 50.8 Å². The lowest BCUT2D eigenvalue weighted by molar-refractivity contribution is -0.135. The molecule has 0 aromatic rings. The fourth-order valence-corrected chi connectivity index (χ4v) is 5.16. The largest absolute Gasteiger partial charge is 0.336 e. The minimum Gasteiger partial charge on any atom is -0.336 e. The van der Waals surface area contributed by atoms with Crippen LogP contribution in [-0.4, -0.2) is 88.8 Å². The Bertz CT molecular complexity index is 649. The Balaban J connectivity index is 1.93. The third-order valence-electron chi connectivity index (χ3n) is 4.38. The molecule has 2 heterocycles. The number of hydrogen-bond donors (Lipinski definition) is 2. The van der Waals surface area contributed by atoms with Crippen molar-refractivity contribution >= 4 is 26.0 Å². The van der Waals surface area contributed by atoms with Crippen LogP contribution in [0.1, 0.15) is 19.8 Å². The van der Waals surface area contributed by atoms with Gasteiger partial charge in [0, 0.05) is 38.8 Å². The first kappa shape index (κ1) is 19.6. The Morgan fingerprint density at radius 1 is 1.25 bits per heavy atom. The van der Waals surface area contributed by atoms with Crippen LogP contribution in [0.3, 0.4) is 0 Å². The number of sulfonamides is 2. The van der Waals surface area contributed by atoms with E-state index in [1.807, 2.05) is 0 Å². The van der Waals surface area contributed by atoms with E-state index in [-0.39, 0.29) is 36.5 Å². The van der Waals surface area contributed by atoms with Crippen molar-refractivity contribution in [2.45, 2.75) is 25.8 Å². The molecule has 0 aromatic carbocycles. The number of piperidine rings is 1. The van der Waals surface area contributed by atoms with Crippen molar-refractivity contribution in [3.63, 3.8) is 0 Å². The highest BCUT2D eigenvalue weighted by molar-refractivity contribution is 7.90. The normalized spacial score (nSPS) is 24.3. The van der Waals surface area contributed by atoms with Gasteiger partial charge in [-0.3, -0.25) is 4.79 Å². The van der Waals surface area contributed by atoms with Crippen LogP contribution >= 0.6 is 0 Å². The molecule has 1 amide bonds. The molecule has 0 bridgehead atoms. The van der Waals surface area contributed by atoms with E-state index >= 15 is 0 Å². The number of hydrogen-bond acceptors (Lipinski definition) is 6. The molecule has 0 saturated carbocycles. The standard InChI is InChI=1S/C13H26N4O5S2/c1-2-23(19,20)15-6-9-24(21,22)16-7-3-4-12(11-16)17-8-5-14-10-13(17)18/h12,14-15H,2-11H2,1H3. The average Bonchev–Trinajstić information content (AvgIpc) is 2.55. The summed E-state index contributed by atoms with van der Waals surface area (Å²) in [5.74, 6) is -0.348. The molecule has 1 atom stereocenters. The summed E-state index contributed by atoms with van der Waals surface area (Å²) in [6.07, 6.45) is 1.49. The minimum absolute atomic E-state index is 0.00111. The first-order chi connectivity index (χ1) is 11.2. The Labute approximate surface area is 143 Å². The molecule has 2 saturated heterocycles. The molecule has 2 aliphatic rings. The van der Waals surface area contributed by atoms with Gasteiger partial charge in [0.2, 0.25) is 26.0 Å². The van der Waals surface area contributed by atoms with Crippen LogP contribution in [0.25, 0.3) is 0 Å². The lowest BCUT2D eigenvalue weighted by Crippen LogP contribution is -2.57. The molecule has 0 aliphatic carbocycles. The first-order valence-electron chi connectivity index (χ1n) is 8.20. The van der Waals surface area contributed by atoms with Gasteiger partial charge in [-0.05, 0) is 19.8 Å². The quantitative estimate of drug-likeness (QED) is 0.534. The highest BCUT2D eigenvalue weighted by Crippen LogP contribution is 2.19. The van der Waals surface area contributed by atoms with Crippen LogP contribution in [0.2, 0.25) is 0 Å². The Hall–Kier alpha value is -0.750. The van der Waals surface area contributed by atoms with Gasteiger partial charge < -0.3 is 10.2 Å². The molecule has 11 heteroatoms. The number of nitrogens with one attached hydrogen (secondary N) is 2. The molecule has 140 valence electrons. The minimum atomic E-state index is -3.55. The summed E-state index contributed by atoms with van der Waals surface area (Å²) in [7, 11) is -6.95. The summed E-state index contributed by atoms with van der Waals surface area (Å²) in [6.45, 7) is 3.67. The summed E-state index contributed by atoms with van der Waals surface area (Å²) in [6, 6.07) is -0.101. The van der Waals surface area contributed by atoms with Gasteiger partial charge in [-0.15, -0.1) is 0 Å². The van der Waals surface area contributed by atoms with E-state index in [9.17, 15) is 21.6 Å². The van der Waals surface area contributed by atoms with Crippen molar-refractivity contribution < 1.29 is 21.6 Å². The van der Waals surface area contributed by atoms with Gasteiger partial charge in [0.15, 0.2) is 0 Å². The van der Waals surface area contributed by atoms with E-state index in [1.165, 1.54) is 11.2 Å². The second-order valence-corrected chi connectivity index (χ2v) is 10.2. The lowest BCUT2D eigenvalue weighted by atomic mass is 10.1. The lowest BCUT2D eigenvalue weighted by Gasteiger charge is -2.40. The zero-order chi connectivity index (χ0) is 17.8. The zero-order valence-corrected chi connectivity index (χ0v) is 15.5. The van der Waals surface area contributed by atoms with Gasteiger partial charge in [0.1, 0.15) is 0 Å². The Kier molecular flexibility index (Phi) is 6.59. The fourth-order valence-electron chi connectivity index (χ4n) is 2.99. The molecule has 0 spiro atoms. The van der Waals surface area contributed by atoms with Gasteiger partial charge in [-0.1, -0.05) is 0 Å². The molecule has 2 fully saturated rings. The van der Waals surface area contributed by atoms with Gasteiger partial charge >= 0.3 is 0 Å². The summed E-state index contributed by atoms with van der Waals surface area (Å²) >= 11 is 0. The number of carbonyl (C=O) groups excluding carboxylic acids is 1. The smallest absolute Gasteiger partial charge is 0.236 e. The van der Waals surface area contributed by atoms with E-state index < -0.39 is 20.0 Å². The van der Waals surface area contributed by atoms with Crippen molar-refractivity contribution in [1.82, 2.24) is 19.2 Å². The molecular weight excluding hydrogens is 356 g/mol. The third kappa shape index (κ3) is 5.12. The molecule has 0 radical (unpaired) electrons. The molecular formula is C13H26N4O5S2. The second-order valence-electron chi connectivity index (χ2n) is 6.03. The monoisotopic (exact) mass is 382 g/mol. The maximum Gasteiger partial charge on any atom is 0.236 e. The highest BCUT2D eigenvalue weighted by Gasteiger charge is 2.34. The number of carbonyl (C=O) groups is 1. The summed E-state index contributed by atoms with van der Waals surface area (Å²) in [5, 5.41) is 3.00. The topological polar surface area (TPSA) is 116 Å². The molecule has 1 unspecified atom stereocenters. The zero-order valence-electron chi connectivity index (χ0n) is 13.9. The SMILES string of the molecule is CCS(=O)(=O)NCCS(=O)(=O)N1CCCC(N2CCNCC2=O)C1. The summed E-state index contributed by atoms with van der Waals surface area (Å²) in [5.41, 5.74) is 0. The van der Waals surface area contributed by atoms with Crippen LogP contribution in [0.4, 0.5) is 0 Å². The van der Waals surface area contributed by atoms with Gasteiger partial charge in [0.25, 0.3) is 0 Å². The van der Waals surface area contributed by atoms with E-state index in [1.54, 1.807) is 4.90 Å². The number of nitrogens with zero attached hydrogens (tertiary/aromatic N) is 2. The summed E-state index contributed by atoms with van der Waals surface area (Å²) < 4.78 is 51.3. The number of amides is 1. The van der Waals surface area contributed by atoms with E-state index in [0.717, 1.165) is 6.42 Å². The maximum absolute atomic E-state index is 12.4. The van der Waals surface area contributed by atoms with Crippen molar-refractivity contribution in [3.8, 4) is 0 Å². The highest BCUT2D eigenvalue weighted by atomic mass is 32.2. The van der Waals surface area contributed by atoms with Crippen LogP contribution in [0, 0.1) is 0 Å². The van der Waals surface area contributed by atoms with Crippen LogP contribution in [0.5, 0.6) is 0 Å². The third-order valence-corrected chi connectivity index (χ3v) is 7.62. The van der Waals surface area contributed by atoms with E-state index in [4.69, 9.17) is 0 Å². The average molecular weight is 383 g/mol. The first-order valence-corrected chi connectivity index (χ1v) is 11.5. The number of piperazine rings is 1. The van der Waals surface area contributed by atoms with Gasteiger partial charge in [-0.2, -0.15) is 4.31 Å². The number of rotatable bonds is 7. The van der Waals surface area contributed by atoms with E-state index in [2.05, 4.69) is 10.0 Å². The van der Waals surface area contributed by atoms with Gasteiger partial charge in [-0.25, -0.2) is 21.6 Å². The molecule has 24 heavy (non-hydrogen) atoms. The van der Waals surface area contributed by atoms with E-state index in [0.29, 0.717) is 32.6 Å². The van der Waals surface area contributed by atoms with Crippen molar-refractivity contribution in [3.05, 3.63) is 0 Å². The predicted octanol–water partition coefficient (Wildman–Crippen LogP) is -1.85. The van der Waals surface area contributed by atoms with Crippen LogP contribution < -0.4 is 10.0 Å². The summed E-state index contributed by atoms with van der Waals surface area (Å²) in [4.78, 5) is 13.7. The van der Waals surface area contributed by atoms with Crippen molar-refractivity contribution in [1.29, 1.82) is 0 Å². The predicted molar refractivity (Wildman–Crippen MR) is 90.4 cm³/mol. The van der Waals surface area contributed by atoms with Gasteiger partial charge in [0.05, 0.1) is 18.1 Å². The van der Waals surface area contributed by atoms with Crippen LogP contribution in [-0.2, 0) is 24.8 Å². The Morgan fingerprint density at radius 2 is 2.00 bits per heavy atom. The second kappa shape index (κ2) is 8.09.